The molecule has 36 heavy (non-hydrogen) atoms. The van der Waals surface area contributed by atoms with Crippen LogP contribution in [0.3, 0.4) is 0 Å². The van der Waals surface area contributed by atoms with E-state index in [2.05, 4.69) is 27.9 Å². The lowest BCUT2D eigenvalue weighted by molar-refractivity contribution is -0.122. The van der Waals surface area contributed by atoms with Gasteiger partial charge in [-0.05, 0) is 89.5 Å². The zero-order valence-electron chi connectivity index (χ0n) is 19.7. The Kier molecular flexibility index (Phi) is 7.65. The van der Waals surface area contributed by atoms with Gasteiger partial charge in [-0.25, -0.2) is 9.69 Å². The first kappa shape index (κ1) is 25.7. The van der Waals surface area contributed by atoms with Gasteiger partial charge in [0.1, 0.15) is 12.2 Å². The summed E-state index contributed by atoms with van der Waals surface area (Å²) in [7, 11) is 1.51. The lowest BCUT2D eigenvalue weighted by atomic mass is 10.0. The normalized spacial score (nSPS) is 14.8. The summed E-state index contributed by atoms with van der Waals surface area (Å²) in [6.45, 7) is 4.00. The van der Waals surface area contributed by atoms with Crippen LogP contribution < -0.4 is 19.7 Å². The van der Waals surface area contributed by atoms with Gasteiger partial charge in [0.2, 0.25) is 0 Å². The van der Waals surface area contributed by atoms with Crippen molar-refractivity contribution in [2.24, 2.45) is 0 Å². The molecule has 1 fully saturated rings. The lowest BCUT2D eigenvalue weighted by Gasteiger charge is -2.27. The van der Waals surface area contributed by atoms with Crippen LogP contribution >= 0.6 is 34.2 Å². The first-order chi connectivity index (χ1) is 17.2. The second-order valence-corrected chi connectivity index (χ2v) is 9.80. The van der Waals surface area contributed by atoms with Gasteiger partial charge in [0.05, 0.1) is 16.4 Å². The Balaban J connectivity index is 1.66. The quantitative estimate of drug-likeness (QED) is 0.215. The molecule has 1 heterocycles. The molecule has 0 aromatic heterocycles. The average Bonchev–Trinajstić information content (AvgIpc) is 2.82. The minimum Gasteiger partial charge on any atom is -0.493 e. The fraction of sp³-hybridized carbons (Fsp3) is 0.148. The summed E-state index contributed by atoms with van der Waals surface area (Å²) in [6, 6.07) is 15.4. The highest BCUT2D eigenvalue weighted by molar-refractivity contribution is 14.1. The van der Waals surface area contributed by atoms with Crippen molar-refractivity contribution in [2.75, 3.05) is 12.0 Å². The molecule has 0 aliphatic carbocycles. The van der Waals surface area contributed by atoms with Crippen LogP contribution in [0, 0.1) is 17.4 Å². The highest BCUT2D eigenvalue weighted by atomic mass is 127. The number of methoxy groups -OCH3 is 1. The van der Waals surface area contributed by atoms with Crippen LogP contribution in [0.2, 0.25) is 5.02 Å². The van der Waals surface area contributed by atoms with Crippen LogP contribution in [0.5, 0.6) is 11.5 Å². The van der Waals surface area contributed by atoms with Crippen LogP contribution in [0.25, 0.3) is 6.08 Å². The molecule has 3 aromatic rings. The number of halogens is 2. The minimum absolute atomic E-state index is 0.167. The number of aryl methyl sites for hydroxylation is 2. The maximum absolute atomic E-state index is 13.3. The number of hydrogen-bond donors (Lipinski definition) is 1. The largest absolute Gasteiger partial charge is 0.493 e. The number of ether oxygens (including phenoxy) is 2. The first-order valence-corrected chi connectivity index (χ1v) is 12.4. The van der Waals surface area contributed by atoms with Crippen LogP contribution in [0.15, 0.2) is 60.2 Å². The predicted octanol–water partition coefficient (Wildman–Crippen LogP) is 5.82. The summed E-state index contributed by atoms with van der Waals surface area (Å²) in [5, 5.41) is 2.87. The summed E-state index contributed by atoms with van der Waals surface area (Å²) in [5.74, 6) is -0.513. The number of benzene rings is 3. The van der Waals surface area contributed by atoms with E-state index >= 15 is 0 Å². The number of carbonyl (C=O) groups is 3. The zero-order chi connectivity index (χ0) is 26.0. The number of urea groups is 1. The van der Waals surface area contributed by atoms with Crippen molar-refractivity contribution >= 4 is 63.8 Å². The van der Waals surface area contributed by atoms with E-state index in [4.69, 9.17) is 21.1 Å². The Morgan fingerprint density at radius 3 is 2.53 bits per heavy atom. The van der Waals surface area contributed by atoms with Gasteiger partial charge in [0.25, 0.3) is 11.8 Å². The van der Waals surface area contributed by atoms with E-state index in [1.165, 1.54) is 13.2 Å². The van der Waals surface area contributed by atoms with Gasteiger partial charge < -0.3 is 9.47 Å². The van der Waals surface area contributed by atoms with Crippen molar-refractivity contribution in [1.82, 2.24) is 5.32 Å². The molecule has 1 aliphatic heterocycles. The van der Waals surface area contributed by atoms with Crippen LogP contribution in [-0.4, -0.2) is 25.0 Å². The Morgan fingerprint density at radius 1 is 1.06 bits per heavy atom. The molecule has 1 saturated heterocycles. The molecule has 1 N–H and O–H groups in total. The fourth-order valence-corrected chi connectivity index (χ4v) is 4.84. The van der Waals surface area contributed by atoms with Crippen LogP contribution in [0.4, 0.5) is 10.5 Å². The molecule has 9 heteroatoms. The van der Waals surface area contributed by atoms with Crippen molar-refractivity contribution < 1.29 is 23.9 Å². The molecule has 0 unspecified atom stereocenters. The number of barbiturate groups is 1. The van der Waals surface area contributed by atoms with Crippen molar-refractivity contribution in [3.8, 4) is 11.5 Å². The Bertz CT molecular complexity index is 1420. The molecule has 3 aromatic carbocycles. The molecule has 4 amide bonds. The standard InChI is InChI=1S/C27H22ClIN2O5/c1-15-7-8-22(16(2)9-15)31-26(33)20(25(32)30-27(31)34)11-18-12-21(29)24(23(13-18)35-3)36-14-17-5-4-6-19(28)10-17/h4-13H,14H2,1-3H3,(H,30,32,34)/b20-11+. The zero-order valence-corrected chi connectivity index (χ0v) is 22.6. The predicted molar refractivity (Wildman–Crippen MR) is 146 cm³/mol. The topological polar surface area (TPSA) is 84.9 Å². The fourth-order valence-electron chi connectivity index (χ4n) is 3.84. The van der Waals surface area contributed by atoms with Crippen molar-refractivity contribution in [3.63, 3.8) is 0 Å². The van der Waals surface area contributed by atoms with Gasteiger partial charge in [0.15, 0.2) is 11.5 Å². The SMILES string of the molecule is COc1cc(/C=C2\C(=O)NC(=O)N(c3ccc(C)cc3C)C2=O)cc(I)c1OCc1cccc(Cl)c1. The van der Waals surface area contributed by atoms with E-state index in [0.717, 1.165) is 21.6 Å². The molecule has 4 rings (SSSR count). The molecule has 0 saturated carbocycles. The molecule has 0 bridgehead atoms. The van der Waals surface area contributed by atoms with E-state index in [1.807, 2.05) is 31.2 Å². The van der Waals surface area contributed by atoms with Gasteiger partial charge in [-0.2, -0.15) is 0 Å². The van der Waals surface area contributed by atoms with Gasteiger partial charge in [0, 0.05) is 5.02 Å². The van der Waals surface area contributed by atoms with Gasteiger partial charge >= 0.3 is 6.03 Å². The highest BCUT2D eigenvalue weighted by Gasteiger charge is 2.37. The molecule has 0 radical (unpaired) electrons. The molecular formula is C27H22ClIN2O5. The Labute approximate surface area is 227 Å². The molecule has 7 nitrogen and oxygen atoms in total. The molecule has 184 valence electrons. The van der Waals surface area contributed by atoms with Gasteiger partial charge in [-0.3, -0.25) is 14.9 Å². The number of amides is 4. The second-order valence-electron chi connectivity index (χ2n) is 8.20. The number of anilines is 1. The Morgan fingerprint density at radius 2 is 1.83 bits per heavy atom. The number of nitrogens with zero attached hydrogens (tertiary/aromatic N) is 1. The van der Waals surface area contributed by atoms with Gasteiger partial charge in [-0.1, -0.05) is 41.4 Å². The lowest BCUT2D eigenvalue weighted by Crippen LogP contribution is -2.54. The summed E-state index contributed by atoms with van der Waals surface area (Å²) in [4.78, 5) is 39.4. The number of nitrogens with one attached hydrogen (secondary N) is 1. The maximum Gasteiger partial charge on any atom is 0.335 e. The third-order valence-corrected chi connectivity index (χ3v) is 6.57. The minimum atomic E-state index is -0.786. The monoisotopic (exact) mass is 616 g/mol. The summed E-state index contributed by atoms with van der Waals surface area (Å²) in [5.41, 5.74) is 3.42. The van der Waals surface area contributed by atoms with E-state index < -0.39 is 17.8 Å². The smallest absolute Gasteiger partial charge is 0.335 e. The summed E-state index contributed by atoms with van der Waals surface area (Å²) >= 11 is 8.16. The number of imide groups is 2. The van der Waals surface area contributed by atoms with Crippen LogP contribution in [-0.2, 0) is 16.2 Å². The van der Waals surface area contributed by atoms with Crippen molar-refractivity contribution in [1.29, 1.82) is 0 Å². The van der Waals surface area contributed by atoms with Crippen molar-refractivity contribution in [3.05, 3.63) is 91.0 Å². The number of carbonyl (C=O) groups excluding carboxylic acids is 3. The van der Waals surface area contributed by atoms with Crippen LogP contribution in [0.1, 0.15) is 22.3 Å². The highest BCUT2D eigenvalue weighted by Crippen LogP contribution is 2.36. The second kappa shape index (κ2) is 10.7. The maximum atomic E-state index is 13.3. The van der Waals surface area contributed by atoms with E-state index in [9.17, 15) is 14.4 Å². The third kappa shape index (κ3) is 5.39. The van der Waals surface area contributed by atoms with Crippen molar-refractivity contribution in [2.45, 2.75) is 20.5 Å². The molecule has 0 spiro atoms. The number of hydrogen-bond acceptors (Lipinski definition) is 5. The average molecular weight is 617 g/mol. The van der Waals surface area contributed by atoms with E-state index in [1.54, 1.807) is 37.3 Å². The summed E-state index contributed by atoms with van der Waals surface area (Å²) < 4.78 is 12.2. The molecule has 1 aliphatic rings. The first-order valence-electron chi connectivity index (χ1n) is 10.9. The molecular weight excluding hydrogens is 595 g/mol. The third-order valence-electron chi connectivity index (χ3n) is 5.53. The van der Waals surface area contributed by atoms with Gasteiger partial charge in [-0.15, -0.1) is 0 Å². The molecule has 0 atom stereocenters. The Hall–Kier alpha value is -3.37. The summed E-state index contributed by atoms with van der Waals surface area (Å²) in [6.07, 6.45) is 1.44. The van der Waals surface area contributed by atoms with E-state index in [0.29, 0.717) is 31.3 Å². The number of rotatable bonds is 6. The van der Waals surface area contributed by atoms with E-state index in [-0.39, 0.29) is 12.2 Å².